The Kier molecular flexibility index (Phi) is 6.04. The SMILES string of the molecule is CS(=O)(=O)c1ccc(N2CCCCCC2)cc1NC1=CC(=O)N(CCO)C1=O. The van der Waals surface area contributed by atoms with E-state index in [0.29, 0.717) is 0 Å². The quantitative estimate of drug-likeness (QED) is 0.681. The first-order valence-electron chi connectivity index (χ1n) is 9.36. The predicted molar refractivity (Wildman–Crippen MR) is 106 cm³/mol. The highest BCUT2D eigenvalue weighted by molar-refractivity contribution is 7.90. The molecular weight excluding hydrogens is 382 g/mol. The molecule has 0 atom stereocenters. The van der Waals surface area contributed by atoms with Gasteiger partial charge in [0.25, 0.3) is 11.8 Å². The van der Waals surface area contributed by atoms with E-state index >= 15 is 0 Å². The first kappa shape index (κ1) is 20.3. The Labute approximate surface area is 164 Å². The van der Waals surface area contributed by atoms with Gasteiger partial charge in [-0.3, -0.25) is 14.5 Å². The number of nitrogens with one attached hydrogen (secondary N) is 1. The summed E-state index contributed by atoms with van der Waals surface area (Å²) < 4.78 is 24.4. The minimum absolute atomic E-state index is 0.00336. The van der Waals surface area contributed by atoms with Crippen LogP contribution in [0.4, 0.5) is 11.4 Å². The van der Waals surface area contributed by atoms with Crippen LogP contribution >= 0.6 is 0 Å². The summed E-state index contributed by atoms with van der Waals surface area (Å²) in [6, 6.07) is 5.03. The van der Waals surface area contributed by atoms with Crippen LogP contribution in [0.2, 0.25) is 0 Å². The molecular formula is C19H25N3O5S. The summed E-state index contributed by atoms with van der Waals surface area (Å²) in [5.41, 5.74) is 1.14. The van der Waals surface area contributed by atoms with Crippen LogP contribution in [0.15, 0.2) is 34.9 Å². The first-order chi connectivity index (χ1) is 13.3. The highest BCUT2D eigenvalue weighted by Crippen LogP contribution is 2.30. The molecule has 0 radical (unpaired) electrons. The number of hydrogen-bond acceptors (Lipinski definition) is 7. The average molecular weight is 407 g/mol. The van der Waals surface area contributed by atoms with Gasteiger partial charge in [0.2, 0.25) is 0 Å². The summed E-state index contributed by atoms with van der Waals surface area (Å²) in [7, 11) is -3.54. The number of β-amino-alcohol motifs (C(OH)–C–C–N with tert-alkyl or cyclic N) is 1. The molecule has 2 aliphatic rings. The normalized spacial score (nSPS) is 18.3. The van der Waals surface area contributed by atoms with E-state index in [2.05, 4.69) is 10.2 Å². The van der Waals surface area contributed by atoms with Crippen molar-refractivity contribution in [2.75, 3.05) is 42.7 Å². The topological polar surface area (TPSA) is 107 Å². The molecule has 8 nitrogen and oxygen atoms in total. The van der Waals surface area contributed by atoms with Crippen LogP contribution in [0.3, 0.4) is 0 Å². The molecule has 2 amide bonds. The lowest BCUT2D eigenvalue weighted by Gasteiger charge is -2.24. The summed E-state index contributed by atoms with van der Waals surface area (Å²) in [5, 5.41) is 11.9. The van der Waals surface area contributed by atoms with E-state index in [1.54, 1.807) is 12.1 Å². The Bertz CT molecular complexity index is 902. The number of benzene rings is 1. The summed E-state index contributed by atoms with van der Waals surface area (Å²) in [5.74, 6) is -1.12. The molecule has 3 rings (SSSR count). The maximum atomic E-state index is 12.4. The van der Waals surface area contributed by atoms with Crippen molar-refractivity contribution >= 4 is 33.0 Å². The standard InChI is InChI=1S/C19H25N3O5S/c1-28(26,27)17-7-6-14(21-8-4-2-3-5-9-21)12-15(17)20-16-13-18(24)22(10-11-23)19(16)25/h6-7,12-13,20,23H,2-5,8-11H2,1H3. The van der Waals surface area contributed by atoms with Crippen LogP contribution in [-0.4, -0.2) is 62.7 Å². The molecule has 0 bridgehead atoms. The average Bonchev–Trinajstić information content (AvgIpc) is 2.85. The number of amides is 2. The number of aliphatic hydroxyl groups excluding tert-OH is 1. The third-order valence-corrected chi connectivity index (χ3v) is 6.09. The van der Waals surface area contributed by atoms with E-state index in [-0.39, 0.29) is 29.4 Å². The van der Waals surface area contributed by atoms with Crippen molar-refractivity contribution < 1.29 is 23.1 Å². The number of anilines is 2. The highest BCUT2D eigenvalue weighted by Gasteiger charge is 2.31. The van der Waals surface area contributed by atoms with Crippen LogP contribution in [-0.2, 0) is 19.4 Å². The zero-order chi connectivity index (χ0) is 20.3. The smallest absolute Gasteiger partial charge is 0.277 e. The minimum Gasteiger partial charge on any atom is -0.395 e. The Balaban J connectivity index is 1.93. The molecule has 2 heterocycles. The molecule has 1 fully saturated rings. The lowest BCUT2D eigenvalue weighted by atomic mass is 10.2. The second-order valence-corrected chi connectivity index (χ2v) is 9.04. The lowest BCUT2D eigenvalue weighted by Crippen LogP contribution is -2.34. The number of sulfone groups is 1. The zero-order valence-corrected chi connectivity index (χ0v) is 16.7. The maximum absolute atomic E-state index is 12.4. The number of carbonyl (C=O) groups is 2. The molecule has 152 valence electrons. The largest absolute Gasteiger partial charge is 0.395 e. The third-order valence-electron chi connectivity index (χ3n) is 4.94. The van der Waals surface area contributed by atoms with Gasteiger partial charge in [0.15, 0.2) is 9.84 Å². The number of carbonyl (C=O) groups excluding carboxylic acids is 2. The summed E-state index contributed by atoms with van der Waals surface area (Å²) in [6.45, 7) is 1.34. The predicted octanol–water partition coefficient (Wildman–Crippen LogP) is 1.13. The van der Waals surface area contributed by atoms with Crippen LogP contribution < -0.4 is 10.2 Å². The number of hydrogen-bond donors (Lipinski definition) is 2. The number of aliphatic hydroxyl groups is 1. The van der Waals surface area contributed by atoms with Crippen LogP contribution in [0.1, 0.15) is 25.7 Å². The Hall–Kier alpha value is -2.39. The molecule has 1 saturated heterocycles. The van der Waals surface area contributed by atoms with Crippen LogP contribution in [0.5, 0.6) is 0 Å². The van der Waals surface area contributed by atoms with Gasteiger partial charge in [-0.15, -0.1) is 0 Å². The van der Waals surface area contributed by atoms with Crippen molar-refractivity contribution in [1.82, 2.24) is 4.90 Å². The van der Waals surface area contributed by atoms with Gasteiger partial charge in [-0.05, 0) is 31.0 Å². The monoisotopic (exact) mass is 407 g/mol. The molecule has 9 heteroatoms. The van der Waals surface area contributed by atoms with Crippen LogP contribution in [0, 0.1) is 0 Å². The van der Waals surface area contributed by atoms with Crippen LogP contribution in [0.25, 0.3) is 0 Å². The molecule has 2 N–H and O–H groups in total. The van der Waals surface area contributed by atoms with Crippen molar-refractivity contribution in [3.05, 3.63) is 30.0 Å². The molecule has 0 unspecified atom stereocenters. The second-order valence-electron chi connectivity index (χ2n) is 7.06. The fourth-order valence-electron chi connectivity index (χ4n) is 3.52. The molecule has 0 aliphatic carbocycles. The fraction of sp³-hybridized carbons (Fsp3) is 0.474. The van der Waals surface area contributed by atoms with Gasteiger partial charge in [-0.25, -0.2) is 8.42 Å². The maximum Gasteiger partial charge on any atom is 0.277 e. The summed E-state index contributed by atoms with van der Waals surface area (Å²) in [4.78, 5) is 27.6. The molecule has 1 aromatic carbocycles. The van der Waals surface area contributed by atoms with Gasteiger partial charge in [0.1, 0.15) is 5.70 Å². The van der Waals surface area contributed by atoms with Gasteiger partial charge in [-0.2, -0.15) is 0 Å². The summed E-state index contributed by atoms with van der Waals surface area (Å²) >= 11 is 0. The zero-order valence-electron chi connectivity index (χ0n) is 15.8. The molecule has 2 aliphatic heterocycles. The van der Waals surface area contributed by atoms with Crippen molar-refractivity contribution in [2.24, 2.45) is 0 Å². The second kappa shape index (κ2) is 8.32. The van der Waals surface area contributed by atoms with Crippen molar-refractivity contribution in [3.63, 3.8) is 0 Å². The van der Waals surface area contributed by atoms with Gasteiger partial charge in [0, 0.05) is 31.1 Å². The van der Waals surface area contributed by atoms with E-state index in [9.17, 15) is 18.0 Å². The van der Waals surface area contributed by atoms with E-state index in [0.717, 1.165) is 48.9 Å². The Morgan fingerprint density at radius 1 is 1.11 bits per heavy atom. The Morgan fingerprint density at radius 3 is 2.39 bits per heavy atom. The third kappa shape index (κ3) is 4.36. The summed E-state index contributed by atoms with van der Waals surface area (Å²) in [6.07, 6.45) is 6.73. The number of nitrogens with zero attached hydrogens (tertiary/aromatic N) is 2. The van der Waals surface area contributed by atoms with Gasteiger partial charge in [-0.1, -0.05) is 12.8 Å². The molecule has 28 heavy (non-hydrogen) atoms. The number of rotatable bonds is 6. The number of imide groups is 1. The van der Waals surface area contributed by atoms with E-state index in [1.165, 1.54) is 18.9 Å². The molecule has 0 saturated carbocycles. The van der Waals surface area contributed by atoms with Gasteiger partial charge >= 0.3 is 0 Å². The fourth-order valence-corrected chi connectivity index (χ4v) is 4.34. The molecule has 0 aromatic heterocycles. The Morgan fingerprint density at radius 2 is 1.79 bits per heavy atom. The lowest BCUT2D eigenvalue weighted by molar-refractivity contribution is -0.137. The van der Waals surface area contributed by atoms with Crippen molar-refractivity contribution in [1.29, 1.82) is 0 Å². The molecule has 0 spiro atoms. The van der Waals surface area contributed by atoms with Gasteiger partial charge < -0.3 is 15.3 Å². The van der Waals surface area contributed by atoms with E-state index < -0.39 is 21.7 Å². The minimum atomic E-state index is -3.54. The first-order valence-corrected chi connectivity index (χ1v) is 11.2. The van der Waals surface area contributed by atoms with E-state index in [1.807, 2.05) is 0 Å². The van der Waals surface area contributed by atoms with Gasteiger partial charge in [0.05, 0.1) is 23.7 Å². The van der Waals surface area contributed by atoms with E-state index in [4.69, 9.17) is 5.11 Å². The molecule has 1 aromatic rings. The van der Waals surface area contributed by atoms with Crippen molar-refractivity contribution in [3.8, 4) is 0 Å². The highest BCUT2D eigenvalue weighted by atomic mass is 32.2. The van der Waals surface area contributed by atoms with Crippen molar-refractivity contribution in [2.45, 2.75) is 30.6 Å².